The first-order chi connectivity index (χ1) is 19.9. The number of benzene rings is 2. The number of hydrogen-bond acceptors (Lipinski definition) is 7. The van der Waals surface area contributed by atoms with Gasteiger partial charge in [-0.1, -0.05) is 37.3 Å². The number of fused-ring (bicyclic) bond motifs is 1. The summed E-state index contributed by atoms with van der Waals surface area (Å²) >= 11 is 0. The Kier molecular flexibility index (Phi) is 12.2. The van der Waals surface area contributed by atoms with Crippen LogP contribution in [0.15, 0.2) is 48.5 Å². The molecule has 42 heavy (non-hydrogen) atoms. The van der Waals surface area contributed by atoms with Gasteiger partial charge in [0.2, 0.25) is 15.9 Å². The highest BCUT2D eigenvalue weighted by molar-refractivity contribution is 7.92. The van der Waals surface area contributed by atoms with Crippen molar-refractivity contribution >= 4 is 27.5 Å². The molecule has 232 valence electrons. The minimum absolute atomic E-state index is 0.0288. The first-order valence-corrected chi connectivity index (χ1v) is 16.4. The fourth-order valence-electron chi connectivity index (χ4n) is 4.94. The van der Waals surface area contributed by atoms with Gasteiger partial charge in [-0.15, -0.1) is 0 Å². The van der Waals surface area contributed by atoms with E-state index in [1.807, 2.05) is 44.2 Å². The van der Waals surface area contributed by atoms with E-state index in [0.29, 0.717) is 18.9 Å². The highest BCUT2D eigenvalue weighted by Crippen LogP contribution is 2.29. The Balaban J connectivity index is 1.91. The number of nitrogens with one attached hydrogen (secondary N) is 1. The molecule has 1 aliphatic rings. The van der Waals surface area contributed by atoms with Crippen molar-refractivity contribution in [2.24, 2.45) is 5.92 Å². The number of aliphatic hydroxyl groups excluding tert-OH is 1. The van der Waals surface area contributed by atoms with Crippen molar-refractivity contribution in [3.8, 4) is 5.75 Å². The van der Waals surface area contributed by atoms with E-state index in [-0.39, 0.29) is 54.9 Å². The minimum Gasteiger partial charge on any atom is -0.490 e. The molecule has 0 radical (unpaired) electrons. The summed E-state index contributed by atoms with van der Waals surface area (Å²) in [5.74, 6) is -0.269. The van der Waals surface area contributed by atoms with Gasteiger partial charge in [0.05, 0.1) is 43.1 Å². The second kappa shape index (κ2) is 15.4. The molecule has 2 aromatic rings. The van der Waals surface area contributed by atoms with Gasteiger partial charge in [0, 0.05) is 38.3 Å². The number of ether oxygens (including phenoxy) is 2. The monoisotopic (exact) mass is 603 g/mol. The van der Waals surface area contributed by atoms with Crippen LogP contribution < -0.4 is 9.46 Å². The van der Waals surface area contributed by atoms with Crippen molar-refractivity contribution in [1.82, 2.24) is 9.80 Å². The summed E-state index contributed by atoms with van der Waals surface area (Å²) < 4.78 is 38.7. The first-order valence-electron chi connectivity index (χ1n) is 14.5. The number of nitrogens with zero attached hydrogens (tertiary/aromatic N) is 2. The summed E-state index contributed by atoms with van der Waals surface area (Å²) in [7, 11) is -1.81. The molecule has 0 unspecified atom stereocenters. The molecule has 0 aliphatic carbocycles. The maximum Gasteiger partial charge on any atom is 0.258 e. The lowest BCUT2D eigenvalue weighted by Gasteiger charge is -2.36. The SMILES string of the molecule is C[C@H]1CCCCO[C@@H](CN(C)C(=O)Cc2ccccc2)[C@@H](C)CN([C@@H](C)CO)C(=O)c2cc(NS(C)(=O)=O)ccc2O1. The molecule has 0 fully saturated rings. The zero-order chi connectivity index (χ0) is 30.9. The van der Waals surface area contributed by atoms with E-state index in [1.54, 1.807) is 35.9 Å². The number of hydrogen-bond donors (Lipinski definition) is 2. The average Bonchev–Trinajstić information content (AvgIpc) is 2.94. The standard InChI is InChI=1S/C31H45N3O7S/c1-22-19-34(23(2)21-35)31(37)27-18-26(32-42(5,38)39)14-15-28(27)41-24(3)11-9-10-16-40-29(22)20-33(4)30(36)17-25-12-7-6-8-13-25/h6-8,12-15,18,22-24,29,32,35H,9-11,16-17,19-21H2,1-5H3/t22-,23-,24-,29-/m0/s1. The van der Waals surface area contributed by atoms with Crippen molar-refractivity contribution in [2.75, 3.05) is 44.3 Å². The van der Waals surface area contributed by atoms with Crippen LogP contribution in [-0.4, -0.2) is 93.0 Å². The second-order valence-electron chi connectivity index (χ2n) is 11.3. The largest absolute Gasteiger partial charge is 0.490 e. The summed E-state index contributed by atoms with van der Waals surface area (Å²) in [5.41, 5.74) is 1.38. The third kappa shape index (κ3) is 9.99. The summed E-state index contributed by atoms with van der Waals surface area (Å²) in [5, 5.41) is 10.1. The molecular formula is C31H45N3O7S. The van der Waals surface area contributed by atoms with Crippen LogP contribution in [0.2, 0.25) is 0 Å². The van der Waals surface area contributed by atoms with Crippen LogP contribution in [0.1, 0.15) is 56.0 Å². The predicted molar refractivity (Wildman–Crippen MR) is 163 cm³/mol. The average molecular weight is 604 g/mol. The third-order valence-corrected chi connectivity index (χ3v) is 8.04. The molecule has 3 rings (SSSR count). The fourth-order valence-corrected chi connectivity index (χ4v) is 5.50. The second-order valence-corrected chi connectivity index (χ2v) is 13.1. The zero-order valence-corrected chi connectivity index (χ0v) is 26.1. The van der Waals surface area contributed by atoms with E-state index in [1.165, 1.54) is 6.07 Å². The van der Waals surface area contributed by atoms with E-state index in [9.17, 15) is 23.1 Å². The molecule has 11 heteroatoms. The third-order valence-electron chi connectivity index (χ3n) is 7.43. The van der Waals surface area contributed by atoms with Crippen LogP contribution in [0.5, 0.6) is 5.75 Å². The molecule has 10 nitrogen and oxygen atoms in total. The molecule has 2 amide bonds. The molecule has 0 saturated carbocycles. The number of amides is 2. The number of sulfonamides is 1. The van der Waals surface area contributed by atoms with Crippen LogP contribution in [0, 0.1) is 5.92 Å². The Morgan fingerprint density at radius 1 is 1.17 bits per heavy atom. The van der Waals surface area contributed by atoms with Crippen LogP contribution in [-0.2, 0) is 26.0 Å². The Morgan fingerprint density at radius 2 is 1.88 bits per heavy atom. The van der Waals surface area contributed by atoms with E-state index in [4.69, 9.17) is 9.47 Å². The summed E-state index contributed by atoms with van der Waals surface area (Å²) in [4.78, 5) is 30.3. The van der Waals surface area contributed by atoms with Gasteiger partial charge in [0.1, 0.15) is 5.75 Å². The van der Waals surface area contributed by atoms with Gasteiger partial charge < -0.3 is 24.4 Å². The number of aliphatic hydroxyl groups is 1. The normalized spacial score (nSPS) is 21.4. The lowest BCUT2D eigenvalue weighted by Crippen LogP contribution is -2.48. The number of rotatable bonds is 8. The molecule has 2 N–H and O–H groups in total. The number of likely N-dealkylation sites (N-methyl/N-ethyl adjacent to an activating group) is 1. The van der Waals surface area contributed by atoms with Crippen molar-refractivity contribution in [2.45, 2.75) is 64.7 Å². The molecule has 4 atom stereocenters. The molecular weight excluding hydrogens is 558 g/mol. The minimum atomic E-state index is -3.57. The van der Waals surface area contributed by atoms with Crippen molar-refractivity contribution in [1.29, 1.82) is 0 Å². The van der Waals surface area contributed by atoms with E-state index in [2.05, 4.69) is 4.72 Å². The van der Waals surface area contributed by atoms with Gasteiger partial charge in [0.15, 0.2) is 0 Å². The fraction of sp³-hybridized carbons (Fsp3) is 0.548. The highest BCUT2D eigenvalue weighted by Gasteiger charge is 2.31. The summed E-state index contributed by atoms with van der Waals surface area (Å²) in [6.45, 7) is 6.47. The molecule has 1 aliphatic heterocycles. The molecule has 0 aromatic heterocycles. The molecule has 2 aromatic carbocycles. The maximum atomic E-state index is 14.1. The topological polar surface area (TPSA) is 125 Å². The van der Waals surface area contributed by atoms with Crippen LogP contribution in [0.3, 0.4) is 0 Å². The van der Waals surface area contributed by atoms with Gasteiger partial charge in [-0.25, -0.2) is 8.42 Å². The Morgan fingerprint density at radius 3 is 2.55 bits per heavy atom. The smallest absolute Gasteiger partial charge is 0.258 e. The predicted octanol–water partition coefficient (Wildman–Crippen LogP) is 3.55. The summed E-state index contributed by atoms with van der Waals surface area (Å²) in [6.07, 6.45) is 3.14. The van der Waals surface area contributed by atoms with Crippen LogP contribution >= 0.6 is 0 Å². The van der Waals surface area contributed by atoms with E-state index < -0.39 is 22.0 Å². The highest BCUT2D eigenvalue weighted by atomic mass is 32.2. The number of carbonyl (C=O) groups is 2. The summed E-state index contributed by atoms with van der Waals surface area (Å²) in [6, 6.07) is 13.7. The van der Waals surface area contributed by atoms with Crippen LogP contribution in [0.4, 0.5) is 5.69 Å². The Bertz CT molecular complexity index is 1290. The van der Waals surface area contributed by atoms with Crippen molar-refractivity contribution in [3.63, 3.8) is 0 Å². The molecule has 1 heterocycles. The van der Waals surface area contributed by atoms with Gasteiger partial charge >= 0.3 is 0 Å². The molecule has 0 saturated heterocycles. The van der Waals surface area contributed by atoms with E-state index in [0.717, 1.165) is 31.1 Å². The van der Waals surface area contributed by atoms with Gasteiger partial charge in [-0.3, -0.25) is 14.3 Å². The van der Waals surface area contributed by atoms with Gasteiger partial charge in [0.25, 0.3) is 5.91 Å². The lowest BCUT2D eigenvalue weighted by atomic mass is 10.0. The Hall–Kier alpha value is -3.15. The Labute approximate surface area is 250 Å². The molecule has 0 bridgehead atoms. The molecule has 0 spiro atoms. The van der Waals surface area contributed by atoms with Gasteiger partial charge in [-0.2, -0.15) is 0 Å². The van der Waals surface area contributed by atoms with Crippen molar-refractivity contribution < 1.29 is 32.6 Å². The van der Waals surface area contributed by atoms with E-state index >= 15 is 0 Å². The quantitative estimate of drug-likeness (QED) is 0.473. The van der Waals surface area contributed by atoms with Gasteiger partial charge in [-0.05, 0) is 56.9 Å². The van der Waals surface area contributed by atoms with Crippen LogP contribution in [0.25, 0.3) is 0 Å². The lowest BCUT2D eigenvalue weighted by molar-refractivity contribution is -0.131. The first kappa shape index (κ1) is 33.4. The van der Waals surface area contributed by atoms with Crippen molar-refractivity contribution in [3.05, 3.63) is 59.7 Å². The zero-order valence-electron chi connectivity index (χ0n) is 25.3. The number of carbonyl (C=O) groups excluding carboxylic acids is 2. The maximum absolute atomic E-state index is 14.1. The number of anilines is 1.